The van der Waals surface area contributed by atoms with Crippen molar-refractivity contribution in [3.63, 3.8) is 0 Å². The third kappa shape index (κ3) is 130. The van der Waals surface area contributed by atoms with Crippen molar-refractivity contribution < 1.29 is 112 Å². The van der Waals surface area contributed by atoms with E-state index in [-0.39, 0.29) is 58.3 Å². The molecule has 1 aromatic carbocycles. The summed E-state index contributed by atoms with van der Waals surface area (Å²) >= 11 is 0. The lowest BCUT2D eigenvalue weighted by atomic mass is 10.2. The van der Waals surface area contributed by atoms with Gasteiger partial charge < -0.3 is 70.6 Å². The first-order valence-electron chi connectivity index (χ1n) is 26.4. The molecule has 0 amide bonds. The van der Waals surface area contributed by atoms with Gasteiger partial charge in [0.15, 0.2) is 51.6 Å². The van der Waals surface area contributed by atoms with E-state index in [4.69, 9.17) is 65.9 Å². The summed E-state index contributed by atoms with van der Waals surface area (Å²) in [5.74, 6) is 0. The minimum Gasteiger partial charge on any atom is -0.396 e. The topological polar surface area (TPSA) is 336 Å². The summed E-state index contributed by atoms with van der Waals surface area (Å²) in [6.45, 7) is 41.2. The maximum Gasteiger partial charge on any atom is 0.202 e. The standard InChI is InChI=1S/C8H11O2P.C6H15O3P.C6H15O2P.2C5H13O4P.C5H13O3P.2C5H13O2P.C4H11O2P/c1-11(9,10)7-8-5-3-2-4-6-8;1-4-8-5-6-9-10(2,3)7;1-4-5-6-8-9(2,3)7;1-10(2,7)9-4-3-8-5-6;1-10(8,5-3-7)9-4-2-6;1-7-4-5-8-9(2,3)6;1-5(2)7-8(3,4)6;1-4-5-7-8(2,3)6;1-4-6-7(2,3)5/h2-6H,7H2,1H3,(H,9,10);4-6H2,1-3H3;4-6H2,1-3H3;6H,3-5H2,1-2H3;6-7H,2-5H2,1H3;4-5H2,1-3H3;5H,1-4H3;4-5H2,1-3H3;4H2,1-3H3. The van der Waals surface area contributed by atoms with Crippen LogP contribution in [0.4, 0.5) is 0 Å². The zero-order valence-corrected chi connectivity index (χ0v) is 62.4. The lowest BCUT2D eigenvalue weighted by Crippen LogP contribution is -2.02. The van der Waals surface area contributed by atoms with E-state index in [1.165, 1.54) is 26.7 Å². The van der Waals surface area contributed by atoms with Crippen molar-refractivity contribution in [3.8, 4) is 0 Å². The van der Waals surface area contributed by atoms with Gasteiger partial charge in [-0.15, -0.1) is 0 Å². The SMILES string of the molecule is CC(C)OP(C)(C)=O.CCCCOP(C)(C)=O.CCCOP(C)(C)=O.CCOCCOP(C)(C)=O.CCOP(C)(C)=O.COCCOP(C)(C)=O.CP(=O)(CCO)OCCO.CP(=O)(O)Cc1ccccc1.CP(C)(=O)OCCOCO. The number of ether oxygens (including phenoxy) is 3. The highest BCUT2D eigenvalue weighted by Gasteiger charge is 2.14. The molecule has 1 aromatic rings. The monoisotopic (exact) mass is 1370 g/mol. The molecular formula is C49H117O24P9. The van der Waals surface area contributed by atoms with Crippen molar-refractivity contribution >= 4 is 66.3 Å². The van der Waals surface area contributed by atoms with Crippen molar-refractivity contribution in [2.45, 2.75) is 73.1 Å². The van der Waals surface area contributed by atoms with Gasteiger partial charge in [-0.1, -0.05) is 50.6 Å². The quantitative estimate of drug-likeness (QED) is 0.0296. The van der Waals surface area contributed by atoms with E-state index >= 15 is 0 Å². The normalized spacial score (nSPS) is 13.1. The molecule has 24 nitrogen and oxygen atoms in total. The fourth-order valence-corrected chi connectivity index (χ4v) is 10.4. The molecule has 0 fully saturated rings. The third-order valence-corrected chi connectivity index (χ3v) is 15.5. The highest BCUT2D eigenvalue weighted by Crippen LogP contribution is 2.42. The zero-order valence-electron chi connectivity index (χ0n) is 54.4. The average molecular weight is 1370 g/mol. The molecule has 2 atom stereocenters. The maximum atomic E-state index is 11.1. The predicted molar refractivity (Wildman–Crippen MR) is 345 cm³/mol. The molecule has 0 saturated heterocycles. The highest BCUT2D eigenvalue weighted by molar-refractivity contribution is 7.59. The van der Waals surface area contributed by atoms with Gasteiger partial charge in [0.1, 0.15) is 6.79 Å². The summed E-state index contributed by atoms with van der Waals surface area (Å²) in [4.78, 5) is 9.03. The Kier molecular flexibility index (Phi) is 70.1. The summed E-state index contributed by atoms with van der Waals surface area (Å²) in [6, 6.07) is 9.33. The Labute approximate surface area is 497 Å². The molecule has 1 rings (SSSR count). The van der Waals surface area contributed by atoms with E-state index in [1.807, 2.05) is 65.0 Å². The van der Waals surface area contributed by atoms with Crippen molar-refractivity contribution in [1.82, 2.24) is 0 Å². The lowest BCUT2D eigenvalue weighted by Gasteiger charge is -2.10. The molecule has 0 aliphatic rings. The van der Waals surface area contributed by atoms with Crippen LogP contribution in [0.5, 0.6) is 0 Å². The van der Waals surface area contributed by atoms with Crippen LogP contribution < -0.4 is 0 Å². The number of benzene rings is 1. The molecule has 82 heavy (non-hydrogen) atoms. The van der Waals surface area contributed by atoms with E-state index in [2.05, 4.69) is 11.7 Å². The minimum absolute atomic E-state index is 0.0772. The maximum absolute atomic E-state index is 11.1. The summed E-state index contributed by atoms with van der Waals surface area (Å²) in [6.07, 6.45) is 3.55. The number of aliphatic hydroxyl groups excluding tert-OH is 3. The summed E-state index contributed by atoms with van der Waals surface area (Å²) in [5.41, 5.74) is 0.917. The summed E-state index contributed by atoms with van der Waals surface area (Å²) < 4.78 is 151. The number of rotatable bonds is 32. The predicted octanol–water partition coefficient (Wildman–Crippen LogP) is 13.1. The van der Waals surface area contributed by atoms with Gasteiger partial charge in [0.05, 0.1) is 85.4 Å². The molecular weight excluding hydrogens is 1250 g/mol. The van der Waals surface area contributed by atoms with Crippen LogP contribution >= 0.6 is 66.3 Å². The molecule has 0 spiro atoms. The molecule has 0 saturated carbocycles. The second-order valence-electron chi connectivity index (χ2n) is 19.8. The van der Waals surface area contributed by atoms with Gasteiger partial charge in [0.2, 0.25) is 14.7 Å². The Bertz CT molecular complexity index is 1940. The first-order valence-corrected chi connectivity index (χ1v) is 48.6. The highest BCUT2D eigenvalue weighted by atomic mass is 31.2. The third-order valence-electron chi connectivity index (χ3n) is 6.94. The smallest absolute Gasteiger partial charge is 0.202 e. The van der Waals surface area contributed by atoms with Crippen LogP contribution in [0.1, 0.15) is 66.4 Å². The Morgan fingerprint density at radius 1 is 0.427 bits per heavy atom. The van der Waals surface area contributed by atoms with Crippen LogP contribution in [-0.2, 0) is 97.6 Å². The second kappa shape index (κ2) is 58.1. The van der Waals surface area contributed by atoms with Gasteiger partial charge in [-0.05, 0) is 46.1 Å². The molecule has 0 aliphatic heterocycles. The van der Waals surface area contributed by atoms with E-state index in [9.17, 15) is 41.1 Å². The van der Waals surface area contributed by atoms with Gasteiger partial charge in [0, 0.05) is 133 Å². The van der Waals surface area contributed by atoms with Crippen LogP contribution in [0.25, 0.3) is 0 Å². The number of hydrogen-bond acceptors (Lipinski definition) is 23. The van der Waals surface area contributed by atoms with Crippen LogP contribution in [0.3, 0.4) is 0 Å². The summed E-state index contributed by atoms with van der Waals surface area (Å²) in [5, 5.41) is 24.8. The lowest BCUT2D eigenvalue weighted by molar-refractivity contribution is -0.0122. The van der Waals surface area contributed by atoms with Crippen molar-refractivity contribution in [2.24, 2.45) is 0 Å². The Morgan fingerprint density at radius 2 is 0.817 bits per heavy atom. The number of methoxy groups -OCH3 is 1. The first-order chi connectivity index (χ1) is 37.0. The van der Waals surface area contributed by atoms with E-state index < -0.39 is 66.3 Å². The van der Waals surface area contributed by atoms with Gasteiger partial charge in [-0.2, -0.15) is 0 Å². The molecule has 502 valence electrons. The van der Waals surface area contributed by atoms with Gasteiger partial charge in [-0.3, -0.25) is 41.1 Å². The fraction of sp³-hybridized carbons (Fsp3) is 0.878. The van der Waals surface area contributed by atoms with Crippen LogP contribution in [0, 0.1) is 0 Å². The van der Waals surface area contributed by atoms with Crippen molar-refractivity contribution in [3.05, 3.63) is 35.9 Å². The van der Waals surface area contributed by atoms with Crippen molar-refractivity contribution in [1.29, 1.82) is 0 Å². The zero-order chi connectivity index (χ0) is 66.4. The fourth-order valence-electron chi connectivity index (χ4n) is 4.14. The molecule has 4 N–H and O–H groups in total. The van der Waals surface area contributed by atoms with Gasteiger partial charge in [-0.25, -0.2) is 0 Å². The average Bonchev–Trinajstić information content (AvgIpc) is 3.27. The Hall–Kier alpha value is 0.690. The van der Waals surface area contributed by atoms with E-state index in [0.29, 0.717) is 52.9 Å². The molecule has 0 bridgehead atoms. The number of hydrogen-bond donors (Lipinski definition) is 4. The molecule has 2 unspecified atom stereocenters. The van der Waals surface area contributed by atoms with Crippen molar-refractivity contribution in [2.75, 3.05) is 213 Å². The largest absolute Gasteiger partial charge is 0.396 e. The molecule has 0 heterocycles. The van der Waals surface area contributed by atoms with Gasteiger partial charge >= 0.3 is 0 Å². The van der Waals surface area contributed by atoms with Gasteiger partial charge in [0.25, 0.3) is 0 Å². The Morgan fingerprint density at radius 3 is 1.07 bits per heavy atom. The molecule has 0 aromatic heterocycles. The van der Waals surface area contributed by atoms with Crippen LogP contribution in [-0.4, -0.2) is 239 Å². The second-order valence-corrected chi connectivity index (χ2v) is 44.2. The first kappa shape index (κ1) is 98.9. The number of unbranched alkanes of at least 4 members (excludes halogenated alkanes) is 1. The minimum atomic E-state index is -2.89. The molecule has 0 aliphatic carbocycles. The Balaban J connectivity index is -0.000000126. The molecule has 0 radical (unpaired) electrons. The number of aliphatic hydroxyl groups is 3. The van der Waals surface area contributed by atoms with E-state index in [0.717, 1.165) is 24.8 Å². The van der Waals surface area contributed by atoms with Crippen LogP contribution in [0.2, 0.25) is 0 Å². The van der Waals surface area contributed by atoms with E-state index in [1.54, 1.807) is 87.1 Å². The van der Waals surface area contributed by atoms with Crippen LogP contribution in [0.15, 0.2) is 30.3 Å². The summed E-state index contributed by atoms with van der Waals surface area (Å²) in [7, 11) is -19.6. The molecule has 33 heteroatoms.